The molecule has 1 heterocycles. The lowest BCUT2D eigenvalue weighted by atomic mass is 9.72. The van der Waals surface area contributed by atoms with Gasteiger partial charge in [0.25, 0.3) is 0 Å². The zero-order chi connectivity index (χ0) is 44.5. The third kappa shape index (κ3) is 8.74. The second-order valence-corrected chi connectivity index (χ2v) is 15.9. The fourth-order valence-corrected chi connectivity index (χ4v) is 8.54. The summed E-state index contributed by atoms with van der Waals surface area (Å²) in [6.07, 6.45) is -0.882. The summed E-state index contributed by atoms with van der Waals surface area (Å²) in [5.74, 6) is -3.91. The van der Waals surface area contributed by atoms with Gasteiger partial charge in [-0.05, 0) is 56.4 Å². The van der Waals surface area contributed by atoms with E-state index in [9.17, 15) is 49.5 Å². The monoisotopic (exact) mass is 859 g/mol. The first kappa shape index (κ1) is 44.2. The average Bonchev–Trinajstić information content (AvgIpc) is 3.24. The number of methoxy groups -OCH3 is 1. The van der Waals surface area contributed by atoms with Crippen LogP contribution in [0.25, 0.3) is 0 Å². The number of hydrogen-bond acceptors (Lipinski definition) is 16. The number of aromatic hydroxyl groups is 2. The Balaban J connectivity index is 1.04. The van der Waals surface area contributed by atoms with E-state index in [1.165, 1.54) is 44.4 Å². The molecular formula is C44H49N3O15. The molecule has 8 unspecified atom stereocenters. The van der Waals surface area contributed by atoms with Crippen molar-refractivity contribution in [1.29, 1.82) is 0 Å². The number of amides is 2. The number of ketones is 3. The van der Waals surface area contributed by atoms with Crippen molar-refractivity contribution < 1.29 is 73.2 Å². The maximum absolute atomic E-state index is 14.0. The summed E-state index contributed by atoms with van der Waals surface area (Å²) in [7, 11) is 1.30. The van der Waals surface area contributed by atoms with Crippen LogP contribution in [0.3, 0.4) is 0 Å². The van der Waals surface area contributed by atoms with Crippen LogP contribution < -0.4 is 25.8 Å². The summed E-state index contributed by atoms with van der Waals surface area (Å²) in [6, 6.07) is 9.10. The van der Waals surface area contributed by atoms with E-state index < -0.39 is 108 Å². The summed E-state index contributed by atoms with van der Waals surface area (Å²) in [5.41, 5.74) is 2.61. The van der Waals surface area contributed by atoms with Gasteiger partial charge in [0.05, 0.1) is 42.0 Å². The minimum Gasteiger partial charge on any atom is -0.507 e. The minimum atomic E-state index is -2.37. The first-order valence-corrected chi connectivity index (χ1v) is 20.3. The SMILES string of the molecule is COc1cccc2c1C(=O)c1c(O)c3c(c(O)c1C2=O)CC(O)(C(=O)CO)CC3OC1CC(NC(=O)OCc2ccc(OC(=O)NC3CC/C=C/CCC3N)cc2)C(O)C(C)O1. The van der Waals surface area contributed by atoms with Gasteiger partial charge in [0.1, 0.15) is 47.9 Å². The lowest BCUT2D eigenvalue weighted by Gasteiger charge is -2.42. The van der Waals surface area contributed by atoms with Gasteiger partial charge >= 0.3 is 12.2 Å². The Hall–Kier alpha value is -5.89. The van der Waals surface area contributed by atoms with Gasteiger partial charge in [0, 0.05) is 48.0 Å². The number of carbonyl (C=O) groups is 5. The summed E-state index contributed by atoms with van der Waals surface area (Å²) in [4.78, 5) is 66.3. The van der Waals surface area contributed by atoms with Crippen molar-refractivity contribution in [3.63, 3.8) is 0 Å². The quantitative estimate of drug-likeness (QED) is 0.0841. The zero-order valence-electron chi connectivity index (χ0n) is 34.0. The number of rotatable bonds is 10. The number of phenols is 2. The molecule has 18 heteroatoms. The van der Waals surface area contributed by atoms with E-state index in [1.807, 2.05) is 0 Å². The minimum absolute atomic E-state index is 0.0486. The van der Waals surface area contributed by atoms with E-state index in [0.29, 0.717) is 12.0 Å². The van der Waals surface area contributed by atoms with Gasteiger partial charge in [-0.3, -0.25) is 14.4 Å². The van der Waals surface area contributed by atoms with Crippen molar-refractivity contribution in [2.24, 2.45) is 5.73 Å². The first-order chi connectivity index (χ1) is 29.6. The number of nitrogens with two attached hydrogens (primary N) is 1. The summed E-state index contributed by atoms with van der Waals surface area (Å²) in [5, 5.41) is 61.2. The van der Waals surface area contributed by atoms with Crippen LogP contribution >= 0.6 is 0 Å². The van der Waals surface area contributed by atoms with Crippen molar-refractivity contribution in [2.45, 2.75) is 107 Å². The molecule has 18 nitrogen and oxygen atoms in total. The van der Waals surface area contributed by atoms with Crippen LogP contribution in [0.5, 0.6) is 23.0 Å². The highest BCUT2D eigenvalue weighted by Gasteiger charge is 2.50. The summed E-state index contributed by atoms with van der Waals surface area (Å²) >= 11 is 0. The Bertz CT molecular complexity index is 2280. The number of aliphatic hydroxyl groups is 3. The van der Waals surface area contributed by atoms with Gasteiger partial charge in [-0.25, -0.2) is 9.59 Å². The number of phenolic OH excluding ortho intramolecular Hbond substituents is 2. The molecule has 2 amide bonds. The van der Waals surface area contributed by atoms with E-state index in [4.69, 9.17) is 29.4 Å². The van der Waals surface area contributed by atoms with Gasteiger partial charge < -0.3 is 65.6 Å². The molecule has 3 aromatic rings. The number of benzene rings is 3. The fraction of sp³-hybridized carbons (Fsp3) is 0.432. The summed E-state index contributed by atoms with van der Waals surface area (Å²) < 4.78 is 28.3. The van der Waals surface area contributed by atoms with Crippen LogP contribution in [-0.2, 0) is 32.0 Å². The molecule has 0 aromatic heterocycles. The van der Waals surface area contributed by atoms with E-state index >= 15 is 0 Å². The van der Waals surface area contributed by atoms with Crippen LogP contribution in [-0.4, -0.2) is 111 Å². The van der Waals surface area contributed by atoms with Crippen LogP contribution in [0.4, 0.5) is 9.59 Å². The van der Waals surface area contributed by atoms with Crippen LogP contribution in [0.2, 0.25) is 0 Å². The molecule has 3 aromatic carbocycles. The normalized spacial score (nSPS) is 27.3. The molecule has 0 radical (unpaired) electrons. The Morgan fingerprint density at radius 3 is 2.32 bits per heavy atom. The summed E-state index contributed by atoms with van der Waals surface area (Å²) in [6.45, 7) is 0.211. The molecule has 0 bridgehead atoms. The molecule has 8 atom stereocenters. The Morgan fingerprint density at radius 2 is 1.61 bits per heavy atom. The predicted octanol–water partition coefficient (Wildman–Crippen LogP) is 2.88. The lowest BCUT2D eigenvalue weighted by Crippen LogP contribution is -2.56. The molecule has 330 valence electrons. The Labute approximate surface area is 355 Å². The zero-order valence-corrected chi connectivity index (χ0v) is 34.0. The van der Waals surface area contributed by atoms with Gasteiger partial charge in [-0.1, -0.05) is 36.4 Å². The molecular weight excluding hydrogens is 810 g/mol. The maximum atomic E-state index is 14.0. The number of fused-ring (bicyclic) bond motifs is 3. The van der Waals surface area contributed by atoms with E-state index in [0.717, 1.165) is 19.3 Å². The molecule has 1 saturated heterocycles. The van der Waals surface area contributed by atoms with Gasteiger partial charge in [-0.15, -0.1) is 0 Å². The Morgan fingerprint density at radius 1 is 0.919 bits per heavy atom. The van der Waals surface area contributed by atoms with E-state index in [2.05, 4.69) is 22.8 Å². The van der Waals surface area contributed by atoms with Crippen LogP contribution in [0.1, 0.15) is 100 Å². The molecule has 9 N–H and O–H groups in total. The molecule has 7 rings (SSSR count). The number of hydrogen-bond donors (Lipinski definition) is 8. The third-order valence-electron chi connectivity index (χ3n) is 11.9. The third-order valence-corrected chi connectivity index (χ3v) is 11.9. The van der Waals surface area contributed by atoms with Crippen molar-refractivity contribution in [2.75, 3.05) is 13.7 Å². The average molecular weight is 860 g/mol. The number of carbonyl (C=O) groups excluding carboxylic acids is 5. The van der Waals surface area contributed by atoms with Crippen molar-refractivity contribution in [3.05, 3.63) is 93.6 Å². The van der Waals surface area contributed by atoms with Gasteiger partial charge in [0.15, 0.2) is 17.9 Å². The smallest absolute Gasteiger partial charge is 0.412 e. The number of nitrogens with one attached hydrogen (secondary N) is 2. The fourth-order valence-electron chi connectivity index (χ4n) is 8.54. The largest absolute Gasteiger partial charge is 0.507 e. The van der Waals surface area contributed by atoms with E-state index in [1.54, 1.807) is 12.1 Å². The molecule has 1 aliphatic heterocycles. The van der Waals surface area contributed by atoms with Crippen molar-refractivity contribution >= 4 is 29.5 Å². The second kappa shape index (κ2) is 18.2. The van der Waals surface area contributed by atoms with Gasteiger partial charge in [-0.2, -0.15) is 0 Å². The number of allylic oxidation sites excluding steroid dienone is 2. The van der Waals surface area contributed by atoms with Gasteiger partial charge in [0.2, 0.25) is 5.78 Å². The highest BCUT2D eigenvalue weighted by atomic mass is 16.7. The molecule has 1 fully saturated rings. The maximum Gasteiger partial charge on any atom is 0.412 e. The number of ether oxygens (including phenoxy) is 5. The number of Topliss-reactive ketones (excluding diaryl/α,β-unsaturated/α-hetero) is 1. The molecule has 62 heavy (non-hydrogen) atoms. The highest BCUT2D eigenvalue weighted by Crippen LogP contribution is 2.52. The molecule has 0 saturated carbocycles. The topological polar surface area (TPSA) is 283 Å². The second-order valence-electron chi connectivity index (χ2n) is 15.9. The molecule has 3 aliphatic carbocycles. The first-order valence-electron chi connectivity index (χ1n) is 20.3. The molecule has 4 aliphatic rings. The standard InChI is InChI=1S/C44H49N3O15/c1-21-37(50)28(47-42(55)59-20-22-12-14-23(15-13-22)61-43(56)46-27-10-6-4-3-5-9-26(27)45)16-32(60-21)62-30-18-44(57,31(49)19-48)17-25-34(30)41(54)36-35(39(25)52)38(51)24-8-7-11-29(58-2)33(24)40(36)53/h3-4,7-8,11-15,21,26-28,30,32,37,48,50,52,54,57H,5-6,9-10,16-20,45H2,1-2H3,(H,46,56)(H,47,55)/b4-3+. The van der Waals surface area contributed by atoms with E-state index in [-0.39, 0.29) is 58.9 Å². The lowest BCUT2D eigenvalue weighted by molar-refractivity contribution is -0.249. The van der Waals surface area contributed by atoms with Crippen LogP contribution in [0.15, 0.2) is 54.6 Å². The predicted molar refractivity (Wildman–Crippen MR) is 216 cm³/mol. The molecule has 0 spiro atoms. The number of aliphatic hydroxyl groups excluding tert-OH is 2. The van der Waals surface area contributed by atoms with Crippen LogP contribution in [0, 0.1) is 0 Å². The highest BCUT2D eigenvalue weighted by molar-refractivity contribution is 6.31. The Kier molecular flexibility index (Phi) is 13.0. The number of alkyl carbamates (subject to hydrolysis) is 1. The van der Waals surface area contributed by atoms with Crippen molar-refractivity contribution in [1.82, 2.24) is 10.6 Å². The van der Waals surface area contributed by atoms with Crippen molar-refractivity contribution in [3.8, 4) is 23.0 Å².